The average Bonchev–Trinajstić information content (AvgIpc) is 3.22. The summed E-state index contributed by atoms with van der Waals surface area (Å²) in [6, 6.07) is 17.0. The highest BCUT2D eigenvalue weighted by Crippen LogP contribution is 2.30. The van der Waals surface area contributed by atoms with Crippen molar-refractivity contribution in [1.82, 2.24) is 9.55 Å². The van der Waals surface area contributed by atoms with Crippen LogP contribution in [0.2, 0.25) is 0 Å². The number of benzene rings is 3. The van der Waals surface area contributed by atoms with E-state index in [2.05, 4.69) is 15.6 Å². The molecule has 12 heteroatoms. The molecule has 1 aromatic heterocycles. The topological polar surface area (TPSA) is 122 Å². The molecule has 9 nitrogen and oxygen atoms in total. The number of aryl methyl sites for hydroxylation is 1. The fourth-order valence-electron chi connectivity index (χ4n) is 3.77. The Morgan fingerprint density at radius 1 is 0.974 bits per heavy atom. The van der Waals surface area contributed by atoms with E-state index in [4.69, 9.17) is 5.73 Å². The lowest BCUT2D eigenvalue weighted by molar-refractivity contribution is -0.137. The van der Waals surface area contributed by atoms with Crippen LogP contribution in [-0.4, -0.2) is 34.4 Å². The van der Waals surface area contributed by atoms with Crippen LogP contribution in [0, 0.1) is 0 Å². The lowest BCUT2D eigenvalue weighted by Gasteiger charge is -2.17. The number of nitrogens with zero attached hydrogens (tertiary/aromatic N) is 3. The number of carbonyl (C=O) groups is 3. The number of imidazole rings is 1. The number of amides is 4. The second-order valence-electron chi connectivity index (χ2n) is 8.36. The SMILES string of the molecule is CN(C(=O)c1ccccc1)c1ccc2c(c1)nc(NC(=O)Nc1ccc(C(F)(F)F)cc1)n2CCC(N)=O. The highest BCUT2D eigenvalue weighted by molar-refractivity contribution is 6.06. The molecule has 0 aliphatic heterocycles. The maximum absolute atomic E-state index is 12.8. The maximum Gasteiger partial charge on any atom is 0.416 e. The summed E-state index contributed by atoms with van der Waals surface area (Å²) >= 11 is 0. The van der Waals surface area contributed by atoms with Crippen LogP contribution in [-0.2, 0) is 17.5 Å². The van der Waals surface area contributed by atoms with E-state index >= 15 is 0 Å². The molecule has 3 aromatic carbocycles. The molecule has 0 bridgehead atoms. The van der Waals surface area contributed by atoms with Crippen LogP contribution in [0.3, 0.4) is 0 Å². The Hall–Kier alpha value is -4.87. The van der Waals surface area contributed by atoms with E-state index in [0.717, 1.165) is 24.3 Å². The van der Waals surface area contributed by atoms with Crippen molar-refractivity contribution in [3.8, 4) is 0 Å². The molecule has 0 fully saturated rings. The largest absolute Gasteiger partial charge is 0.416 e. The Morgan fingerprint density at radius 2 is 1.66 bits per heavy atom. The molecule has 0 aliphatic rings. The van der Waals surface area contributed by atoms with Gasteiger partial charge in [0.05, 0.1) is 16.6 Å². The van der Waals surface area contributed by atoms with Crippen molar-refractivity contribution < 1.29 is 27.6 Å². The predicted octanol–water partition coefficient (Wildman–Crippen LogP) is 4.85. The number of aromatic nitrogens is 2. The number of urea groups is 1. The molecule has 4 rings (SSSR count). The molecule has 0 radical (unpaired) electrons. The zero-order valence-corrected chi connectivity index (χ0v) is 20.1. The van der Waals surface area contributed by atoms with E-state index in [0.29, 0.717) is 22.3 Å². The van der Waals surface area contributed by atoms with Crippen LogP contribution in [0.1, 0.15) is 22.3 Å². The van der Waals surface area contributed by atoms with Gasteiger partial charge in [-0.25, -0.2) is 9.78 Å². The minimum Gasteiger partial charge on any atom is -0.370 e. The van der Waals surface area contributed by atoms with Gasteiger partial charge in [0.1, 0.15) is 0 Å². The number of carbonyl (C=O) groups excluding carboxylic acids is 3. The molecule has 0 aliphatic carbocycles. The number of hydrogen-bond donors (Lipinski definition) is 3. The minimum atomic E-state index is -4.50. The van der Waals surface area contributed by atoms with E-state index < -0.39 is 23.7 Å². The van der Waals surface area contributed by atoms with Crippen molar-refractivity contribution in [2.24, 2.45) is 5.73 Å². The third-order valence-corrected chi connectivity index (χ3v) is 5.72. The van der Waals surface area contributed by atoms with Gasteiger partial charge in [-0.15, -0.1) is 0 Å². The van der Waals surface area contributed by atoms with Gasteiger partial charge in [-0.05, 0) is 54.6 Å². The molecule has 4 amide bonds. The van der Waals surface area contributed by atoms with Crippen LogP contribution in [0.25, 0.3) is 11.0 Å². The van der Waals surface area contributed by atoms with Gasteiger partial charge in [0.25, 0.3) is 5.91 Å². The summed E-state index contributed by atoms with van der Waals surface area (Å²) in [4.78, 5) is 42.8. The Balaban J connectivity index is 1.59. The lowest BCUT2D eigenvalue weighted by atomic mass is 10.2. The van der Waals surface area contributed by atoms with Crippen molar-refractivity contribution in [1.29, 1.82) is 0 Å². The first-order valence-corrected chi connectivity index (χ1v) is 11.4. The van der Waals surface area contributed by atoms with Crippen LogP contribution in [0.15, 0.2) is 72.8 Å². The number of anilines is 3. The molecule has 0 atom stereocenters. The molecule has 0 unspecified atom stereocenters. The first kappa shape index (κ1) is 26.2. The molecule has 1 heterocycles. The summed E-state index contributed by atoms with van der Waals surface area (Å²) in [5, 5.41) is 5.01. The predicted molar refractivity (Wildman–Crippen MR) is 137 cm³/mol. The summed E-state index contributed by atoms with van der Waals surface area (Å²) in [6.45, 7) is 0.111. The highest BCUT2D eigenvalue weighted by Gasteiger charge is 2.30. The number of primary amides is 1. The molecule has 196 valence electrons. The minimum absolute atomic E-state index is 0.0329. The molecule has 38 heavy (non-hydrogen) atoms. The van der Waals surface area contributed by atoms with Crippen molar-refractivity contribution in [2.75, 3.05) is 22.6 Å². The molecule has 0 saturated carbocycles. The Labute approximate surface area is 215 Å². The van der Waals surface area contributed by atoms with Gasteiger partial charge in [0.15, 0.2) is 0 Å². The van der Waals surface area contributed by atoms with E-state index in [1.165, 1.54) is 4.90 Å². The van der Waals surface area contributed by atoms with Crippen LogP contribution in [0.5, 0.6) is 0 Å². The zero-order valence-electron chi connectivity index (χ0n) is 20.1. The van der Waals surface area contributed by atoms with Crippen molar-refractivity contribution in [3.63, 3.8) is 0 Å². The third kappa shape index (κ3) is 5.91. The van der Waals surface area contributed by atoms with Gasteiger partial charge in [-0.1, -0.05) is 18.2 Å². The van der Waals surface area contributed by atoms with Gasteiger partial charge in [-0.3, -0.25) is 14.9 Å². The summed E-state index contributed by atoms with van der Waals surface area (Å²) < 4.78 is 39.9. The number of alkyl halides is 3. The van der Waals surface area contributed by atoms with Crippen LogP contribution < -0.4 is 21.3 Å². The van der Waals surface area contributed by atoms with Crippen LogP contribution >= 0.6 is 0 Å². The van der Waals surface area contributed by atoms with Crippen molar-refractivity contribution in [2.45, 2.75) is 19.1 Å². The van der Waals surface area contributed by atoms with Gasteiger partial charge in [0.2, 0.25) is 11.9 Å². The Kier molecular flexibility index (Phi) is 7.33. The number of hydrogen-bond acceptors (Lipinski definition) is 4. The zero-order chi connectivity index (χ0) is 27.4. The van der Waals surface area contributed by atoms with Crippen molar-refractivity contribution >= 4 is 46.2 Å². The molecule has 0 spiro atoms. The van der Waals surface area contributed by atoms with E-state index in [1.54, 1.807) is 54.1 Å². The number of rotatable bonds is 7. The van der Waals surface area contributed by atoms with Crippen molar-refractivity contribution in [3.05, 3.63) is 83.9 Å². The maximum atomic E-state index is 12.8. The van der Waals surface area contributed by atoms with E-state index in [9.17, 15) is 27.6 Å². The molecular formula is C26H23F3N6O3. The molecular weight excluding hydrogens is 501 g/mol. The quantitative estimate of drug-likeness (QED) is 0.320. The highest BCUT2D eigenvalue weighted by atomic mass is 19.4. The molecule has 4 N–H and O–H groups in total. The molecule has 0 saturated heterocycles. The van der Waals surface area contributed by atoms with E-state index in [1.807, 2.05) is 6.07 Å². The second kappa shape index (κ2) is 10.6. The smallest absolute Gasteiger partial charge is 0.370 e. The number of fused-ring (bicyclic) bond motifs is 1. The first-order chi connectivity index (χ1) is 18.0. The summed E-state index contributed by atoms with van der Waals surface area (Å²) in [5.41, 5.74) is 6.65. The Bertz CT molecular complexity index is 1480. The first-order valence-electron chi connectivity index (χ1n) is 11.4. The number of halogens is 3. The third-order valence-electron chi connectivity index (χ3n) is 5.72. The normalized spacial score (nSPS) is 11.3. The van der Waals surface area contributed by atoms with Crippen LogP contribution in [0.4, 0.5) is 35.3 Å². The van der Waals surface area contributed by atoms with E-state index in [-0.39, 0.29) is 30.5 Å². The summed E-state index contributed by atoms with van der Waals surface area (Å²) in [5.74, 6) is -0.705. The van der Waals surface area contributed by atoms with Gasteiger partial charge in [0, 0.05) is 37.0 Å². The number of nitrogens with one attached hydrogen (secondary N) is 2. The monoisotopic (exact) mass is 524 g/mol. The van der Waals surface area contributed by atoms with Gasteiger partial charge < -0.3 is 20.5 Å². The second-order valence-corrected chi connectivity index (χ2v) is 8.36. The fraction of sp³-hybridized carbons (Fsp3) is 0.154. The Morgan fingerprint density at radius 3 is 2.29 bits per heavy atom. The standard InChI is InChI=1S/C26H23F3N6O3/c1-34(23(37)16-5-3-2-4-6-16)19-11-12-21-20(15-19)32-24(35(21)14-13-22(30)36)33-25(38)31-18-9-7-17(8-10-18)26(27,28)29/h2-12,15H,13-14H2,1H3,(H2,30,36)(H2,31,32,33,38). The fourth-order valence-corrected chi connectivity index (χ4v) is 3.77. The number of nitrogens with two attached hydrogens (primary N) is 1. The summed E-state index contributed by atoms with van der Waals surface area (Å²) in [7, 11) is 1.62. The van der Waals surface area contributed by atoms with Gasteiger partial charge in [-0.2, -0.15) is 13.2 Å². The molecule has 4 aromatic rings. The lowest BCUT2D eigenvalue weighted by Crippen LogP contribution is -2.26. The average molecular weight is 525 g/mol. The summed E-state index contributed by atoms with van der Waals surface area (Å²) in [6.07, 6.45) is -4.53. The van der Waals surface area contributed by atoms with Gasteiger partial charge >= 0.3 is 12.2 Å².